The van der Waals surface area contributed by atoms with Crippen molar-refractivity contribution in [2.75, 3.05) is 0 Å². The molecule has 0 aliphatic heterocycles. The van der Waals surface area contributed by atoms with Crippen molar-refractivity contribution in [1.82, 2.24) is 4.90 Å². The van der Waals surface area contributed by atoms with Gasteiger partial charge in [0.2, 0.25) is 0 Å². The number of nitrogens with zero attached hydrogens (tertiary/aromatic N) is 1. The lowest BCUT2D eigenvalue weighted by molar-refractivity contribution is 0.443. The SMILES string of the molecule is C=CC(C(=C)N(/C=C/C1C(C=C)c2ccccc2C1(c1ccccc1)c1ccccc1)C(/C=C(\C)C(=C)/C=C\C1=Cc2ccccc2C1(C)C)=C/C)C(C=C)c1ccccc1. The van der Waals surface area contributed by atoms with Crippen molar-refractivity contribution in [3.8, 4) is 0 Å². The molecule has 4 unspecified atom stereocenters. The van der Waals surface area contributed by atoms with E-state index in [0.29, 0.717) is 0 Å². The summed E-state index contributed by atoms with van der Waals surface area (Å²) >= 11 is 0. The van der Waals surface area contributed by atoms with Crippen molar-refractivity contribution in [1.29, 1.82) is 0 Å². The fourth-order valence-electron chi connectivity index (χ4n) is 9.81. The van der Waals surface area contributed by atoms with Gasteiger partial charge in [0.05, 0.1) is 5.41 Å². The van der Waals surface area contributed by atoms with Crippen LogP contribution in [0.15, 0.2) is 255 Å². The minimum atomic E-state index is -0.490. The molecule has 0 spiro atoms. The van der Waals surface area contributed by atoms with Crippen LogP contribution in [0, 0.1) is 11.8 Å². The fraction of sp³-hybridized carbons (Fsp3) is 0.167. The largest absolute Gasteiger partial charge is 0.322 e. The zero-order valence-electron chi connectivity index (χ0n) is 36.3. The van der Waals surface area contributed by atoms with E-state index < -0.39 is 5.41 Å². The van der Waals surface area contributed by atoms with E-state index in [0.717, 1.165) is 28.1 Å². The van der Waals surface area contributed by atoms with E-state index >= 15 is 0 Å². The van der Waals surface area contributed by atoms with Crippen molar-refractivity contribution < 1.29 is 0 Å². The molecule has 0 radical (unpaired) electrons. The molecule has 0 saturated heterocycles. The Morgan fingerprint density at radius 1 is 0.705 bits per heavy atom. The average Bonchev–Trinajstić information content (AvgIpc) is 3.74. The van der Waals surface area contributed by atoms with Crippen molar-refractivity contribution in [2.24, 2.45) is 11.8 Å². The van der Waals surface area contributed by atoms with E-state index in [1.807, 2.05) is 18.2 Å². The third-order valence-corrected chi connectivity index (χ3v) is 13.1. The highest BCUT2D eigenvalue weighted by Crippen LogP contribution is 2.58. The van der Waals surface area contributed by atoms with Crippen LogP contribution in [-0.2, 0) is 10.8 Å². The summed E-state index contributed by atoms with van der Waals surface area (Å²) < 4.78 is 0. The predicted molar refractivity (Wildman–Crippen MR) is 262 cm³/mol. The molecule has 2 aliphatic carbocycles. The van der Waals surface area contributed by atoms with Crippen LogP contribution in [0.2, 0.25) is 0 Å². The minimum absolute atomic E-state index is 0.0257. The maximum absolute atomic E-state index is 4.86. The third-order valence-electron chi connectivity index (χ3n) is 13.1. The first-order valence-electron chi connectivity index (χ1n) is 21.4. The summed E-state index contributed by atoms with van der Waals surface area (Å²) in [5.74, 6) is -0.180. The van der Waals surface area contributed by atoms with Crippen molar-refractivity contribution in [2.45, 2.75) is 50.4 Å². The van der Waals surface area contributed by atoms with Gasteiger partial charge in [-0.3, -0.25) is 0 Å². The van der Waals surface area contributed by atoms with Gasteiger partial charge in [0, 0.05) is 46.7 Å². The summed E-state index contributed by atoms with van der Waals surface area (Å²) in [6.45, 7) is 31.4. The van der Waals surface area contributed by atoms with Gasteiger partial charge in [-0.15, -0.1) is 19.7 Å². The number of hydrogen-bond acceptors (Lipinski definition) is 1. The van der Waals surface area contributed by atoms with Crippen molar-refractivity contribution >= 4 is 6.08 Å². The number of fused-ring (bicyclic) bond motifs is 2. The molecule has 0 aromatic heterocycles. The molecule has 1 heteroatoms. The second-order valence-electron chi connectivity index (χ2n) is 16.8. The molecule has 0 amide bonds. The molecule has 0 fully saturated rings. The molecule has 1 nitrogen and oxygen atoms in total. The van der Waals surface area contributed by atoms with E-state index in [9.17, 15) is 0 Å². The van der Waals surface area contributed by atoms with Gasteiger partial charge in [0.15, 0.2) is 0 Å². The second-order valence-corrected chi connectivity index (χ2v) is 16.8. The number of allylic oxidation sites excluding steroid dienone is 11. The molecule has 304 valence electrons. The van der Waals surface area contributed by atoms with Crippen LogP contribution in [-0.4, -0.2) is 4.90 Å². The molecular formula is C60H59N. The second kappa shape index (κ2) is 18.3. The minimum Gasteiger partial charge on any atom is -0.322 e. The Bertz CT molecular complexity index is 2530. The van der Waals surface area contributed by atoms with E-state index in [1.165, 1.54) is 39.0 Å². The lowest BCUT2D eigenvalue weighted by Crippen LogP contribution is -2.35. The first-order valence-corrected chi connectivity index (χ1v) is 21.4. The highest BCUT2D eigenvalue weighted by molar-refractivity contribution is 5.72. The van der Waals surface area contributed by atoms with Crippen molar-refractivity contribution in [3.05, 3.63) is 294 Å². The first-order chi connectivity index (χ1) is 29.6. The highest BCUT2D eigenvalue weighted by atomic mass is 15.1. The molecular weight excluding hydrogens is 735 g/mol. The summed E-state index contributed by atoms with van der Waals surface area (Å²) in [5.41, 5.74) is 13.4. The van der Waals surface area contributed by atoms with Gasteiger partial charge in [-0.25, -0.2) is 0 Å². The standard InChI is InChI=1S/C60H59N/c1-10-51(41-44(6)43(5)37-38-50-42-47-29-23-25-35-56(47)59(50,8)9)61(45(7)52(11-2)53(12-3)46-27-17-14-18-28-46)40-39-58-54(13-4)55-34-24-26-36-57(55)60(58,48-30-19-15-20-31-48)49-32-21-16-22-33-49/h10-42,52-54,58H,2-5,7H2,1,6,8-9H3/b38-37-,40-39+,44-41+,51-10+. The molecule has 61 heavy (non-hydrogen) atoms. The fourth-order valence-corrected chi connectivity index (χ4v) is 9.81. The topological polar surface area (TPSA) is 3.24 Å². The van der Waals surface area contributed by atoms with Gasteiger partial charge in [0.25, 0.3) is 0 Å². The summed E-state index contributed by atoms with van der Waals surface area (Å²) in [6, 6.07) is 50.0. The van der Waals surface area contributed by atoms with E-state index in [-0.39, 0.29) is 29.1 Å². The van der Waals surface area contributed by atoms with Crippen LogP contribution < -0.4 is 0 Å². The molecule has 2 aliphatic rings. The summed E-state index contributed by atoms with van der Waals surface area (Å²) in [7, 11) is 0. The Hall–Kier alpha value is -6.70. The number of rotatable bonds is 16. The van der Waals surface area contributed by atoms with E-state index in [2.05, 4.69) is 241 Å². The maximum atomic E-state index is 4.86. The van der Waals surface area contributed by atoms with E-state index in [1.54, 1.807) is 0 Å². The zero-order chi connectivity index (χ0) is 43.1. The lowest BCUT2D eigenvalue weighted by atomic mass is 9.64. The normalized spacial score (nSPS) is 18.8. The van der Waals surface area contributed by atoms with Gasteiger partial charge >= 0.3 is 0 Å². The Kier molecular flexibility index (Phi) is 12.7. The molecule has 7 rings (SSSR count). The molecule has 5 aromatic carbocycles. The van der Waals surface area contributed by atoms with E-state index in [4.69, 9.17) is 6.58 Å². The molecule has 4 atom stereocenters. The quantitative estimate of drug-likeness (QED) is 0.0710. The van der Waals surface area contributed by atoms with Crippen LogP contribution in [0.3, 0.4) is 0 Å². The van der Waals surface area contributed by atoms with Crippen LogP contribution in [0.5, 0.6) is 0 Å². The summed E-state index contributed by atoms with van der Waals surface area (Å²) in [6.07, 6.45) is 21.9. The lowest BCUT2D eigenvalue weighted by Gasteiger charge is -2.39. The van der Waals surface area contributed by atoms with Gasteiger partial charge < -0.3 is 4.90 Å². The van der Waals surface area contributed by atoms with Crippen LogP contribution in [0.25, 0.3) is 6.08 Å². The Morgan fingerprint density at radius 3 is 1.85 bits per heavy atom. The summed E-state index contributed by atoms with van der Waals surface area (Å²) in [4.78, 5) is 2.26. The molecule has 0 saturated carbocycles. The van der Waals surface area contributed by atoms with Gasteiger partial charge in [-0.05, 0) is 75.6 Å². The molecule has 0 N–H and O–H groups in total. The van der Waals surface area contributed by atoms with Crippen molar-refractivity contribution in [3.63, 3.8) is 0 Å². The van der Waals surface area contributed by atoms with Crippen LogP contribution >= 0.6 is 0 Å². The van der Waals surface area contributed by atoms with Gasteiger partial charge in [-0.2, -0.15) is 0 Å². The van der Waals surface area contributed by atoms with Gasteiger partial charge in [-0.1, -0.05) is 215 Å². The first kappa shape index (κ1) is 42.4. The van der Waals surface area contributed by atoms with Gasteiger partial charge in [0.1, 0.15) is 0 Å². The Labute approximate surface area is 365 Å². The Balaban J connectivity index is 1.34. The average molecular weight is 794 g/mol. The molecule has 0 bridgehead atoms. The molecule has 0 heterocycles. The zero-order valence-corrected chi connectivity index (χ0v) is 36.3. The molecule has 5 aromatic rings. The van der Waals surface area contributed by atoms with Crippen LogP contribution in [0.1, 0.15) is 78.5 Å². The Morgan fingerprint density at radius 2 is 1.28 bits per heavy atom. The monoisotopic (exact) mass is 793 g/mol. The number of benzene rings is 5. The third kappa shape index (κ3) is 7.89. The smallest absolute Gasteiger partial charge is 0.0526 e. The predicted octanol–water partition coefficient (Wildman–Crippen LogP) is 15.4. The number of hydrogen-bond donors (Lipinski definition) is 0. The van der Waals surface area contributed by atoms with Crippen LogP contribution in [0.4, 0.5) is 0 Å². The summed E-state index contributed by atoms with van der Waals surface area (Å²) in [5, 5.41) is 0. The highest BCUT2D eigenvalue weighted by Gasteiger charge is 2.52. The maximum Gasteiger partial charge on any atom is 0.0526 e.